The lowest BCUT2D eigenvalue weighted by molar-refractivity contribution is 0.884. The maximum atomic E-state index is 6.12. The molecule has 0 fully saturated rings. The first-order valence-corrected chi connectivity index (χ1v) is 7.11. The van der Waals surface area contributed by atoms with Crippen LogP contribution in [0.3, 0.4) is 0 Å². The summed E-state index contributed by atoms with van der Waals surface area (Å²) in [5.74, 6) is 0. The molecular weight excluding hydrogens is 282 g/mol. The Hall–Kier alpha value is -2.26. The topological polar surface area (TPSA) is 43.8 Å². The normalized spacial score (nSPS) is 10.8. The van der Waals surface area contributed by atoms with Gasteiger partial charge >= 0.3 is 0 Å². The first kappa shape index (κ1) is 13.7. The van der Waals surface area contributed by atoms with E-state index in [0.717, 1.165) is 16.9 Å². The summed E-state index contributed by atoms with van der Waals surface area (Å²) in [6.07, 6.45) is 1.82. The van der Waals surface area contributed by atoms with Gasteiger partial charge in [0.05, 0.1) is 17.6 Å². The zero-order chi connectivity index (χ0) is 15.0. The van der Waals surface area contributed by atoms with Crippen molar-refractivity contribution in [1.29, 1.82) is 0 Å². The van der Waals surface area contributed by atoms with Crippen molar-refractivity contribution in [3.05, 3.63) is 64.8 Å². The van der Waals surface area contributed by atoms with Crippen molar-refractivity contribution < 1.29 is 0 Å². The van der Waals surface area contributed by atoms with Crippen LogP contribution in [0.2, 0.25) is 5.02 Å². The predicted molar refractivity (Wildman–Crippen MR) is 87.9 cm³/mol. The molecule has 0 saturated carbocycles. The molecule has 1 aromatic heterocycles. The number of nitrogens with zero attached hydrogens (tertiary/aromatic N) is 2. The molecule has 2 N–H and O–H groups in total. The van der Waals surface area contributed by atoms with E-state index in [2.05, 4.69) is 31.1 Å². The number of nitrogen functional groups attached to an aromatic ring is 1. The maximum Gasteiger partial charge on any atom is 0.116 e. The van der Waals surface area contributed by atoms with Gasteiger partial charge in [0.2, 0.25) is 0 Å². The summed E-state index contributed by atoms with van der Waals surface area (Å²) >= 11 is 6.02. The van der Waals surface area contributed by atoms with E-state index in [1.165, 1.54) is 11.1 Å². The number of anilines is 1. The van der Waals surface area contributed by atoms with Crippen molar-refractivity contribution in [2.45, 2.75) is 13.8 Å². The van der Waals surface area contributed by atoms with Gasteiger partial charge < -0.3 is 5.73 Å². The number of benzene rings is 2. The Bertz CT molecular complexity index is 806. The average molecular weight is 298 g/mol. The lowest BCUT2D eigenvalue weighted by atomic mass is 10.0. The summed E-state index contributed by atoms with van der Waals surface area (Å²) < 4.78 is 1.76. The first-order chi connectivity index (χ1) is 10.0. The molecule has 3 aromatic rings. The summed E-state index contributed by atoms with van der Waals surface area (Å²) in [6.45, 7) is 4.18. The molecule has 0 aliphatic carbocycles. The standard InChI is InChI=1S/C17H16ClN3/c1-11-6-7-13(8-12(11)2)17-16(19)10-21(20-17)15-5-3-4-14(18)9-15/h3-10H,19H2,1-2H3. The summed E-state index contributed by atoms with van der Waals surface area (Å²) in [5.41, 5.74) is 12.0. The molecule has 0 amide bonds. The quantitative estimate of drug-likeness (QED) is 0.762. The van der Waals surface area contributed by atoms with E-state index in [-0.39, 0.29) is 0 Å². The van der Waals surface area contributed by atoms with Crippen LogP contribution in [0.1, 0.15) is 11.1 Å². The summed E-state index contributed by atoms with van der Waals surface area (Å²) in [4.78, 5) is 0. The number of hydrogen-bond acceptors (Lipinski definition) is 2. The average Bonchev–Trinajstić information content (AvgIpc) is 2.84. The molecule has 0 saturated heterocycles. The molecule has 0 unspecified atom stereocenters. The van der Waals surface area contributed by atoms with Gasteiger partial charge in [0.1, 0.15) is 5.69 Å². The molecule has 1 heterocycles. The van der Waals surface area contributed by atoms with Gasteiger partial charge in [0.15, 0.2) is 0 Å². The number of halogens is 1. The molecule has 4 heteroatoms. The minimum atomic E-state index is 0.651. The van der Waals surface area contributed by atoms with Crippen LogP contribution in [0.5, 0.6) is 0 Å². The van der Waals surface area contributed by atoms with Gasteiger partial charge in [-0.1, -0.05) is 29.8 Å². The molecule has 0 aliphatic heterocycles. The van der Waals surface area contributed by atoms with Crippen LogP contribution in [-0.2, 0) is 0 Å². The second-order valence-electron chi connectivity index (χ2n) is 5.16. The Morgan fingerprint density at radius 1 is 1.05 bits per heavy atom. The number of nitrogens with two attached hydrogens (primary N) is 1. The van der Waals surface area contributed by atoms with Crippen LogP contribution in [0.15, 0.2) is 48.7 Å². The van der Waals surface area contributed by atoms with Crippen molar-refractivity contribution >= 4 is 17.3 Å². The van der Waals surface area contributed by atoms with Gasteiger partial charge in [-0.05, 0) is 49.2 Å². The lowest BCUT2D eigenvalue weighted by Gasteiger charge is -2.04. The third kappa shape index (κ3) is 2.65. The zero-order valence-electron chi connectivity index (χ0n) is 12.0. The molecule has 106 valence electrons. The first-order valence-electron chi connectivity index (χ1n) is 6.73. The minimum Gasteiger partial charge on any atom is -0.396 e. The largest absolute Gasteiger partial charge is 0.396 e. The van der Waals surface area contributed by atoms with E-state index in [0.29, 0.717) is 10.7 Å². The van der Waals surface area contributed by atoms with Crippen LogP contribution in [0, 0.1) is 13.8 Å². The van der Waals surface area contributed by atoms with Gasteiger partial charge in [0.25, 0.3) is 0 Å². The van der Waals surface area contributed by atoms with E-state index in [4.69, 9.17) is 17.3 Å². The summed E-state index contributed by atoms with van der Waals surface area (Å²) in [6, 6.07) is 13.8. The van der Waals surface area contributed by atoms with Gasteiger partial charge in [-0.25, -0.2) is 4.68 Å². The van der Waals surface area contributed by atoms with E-state index in [9.17, 15) is 0 Å². The van der Waals surface area contributed by atoms with Gasteiger partial charge in [-0.2, -0.15) is 5.10 Å². The summed E-state index contributed by atoms with van der Waals surface area (Å²) in [7, 11) is 0. The highest BCUT2D eigenvalue weighted by Crippen LogP contribution is 2.27. The van der Waals surface area contributed by atoms with Crippen LogP contribution in [0.25, 0.3) is 16.9 Å². The molecule has 0 atom stereocenters. The number of hydrogen-bond donors (Lipinski definition) is 1. The van der Waals surface area contributed by atoms with Crippen LogP contribution >= 0.6 is 11.6 Å². The zero-order valence-corrected chi connectivity index (χ0v) is 12.7. The van der Waals surface area contributed by atoms with E-state index in [1.54, 1.807) is 4.68 Å². The van der Waals surface area contributed by atoms with Crippen LogP contribution < -0.4 is 5.73 Å². The van der Waals surface area contributed by atoms with Gasteiger partial charge in [0, 0.05) is 10.6 Å². The molecule has 2 aromatic carbocycles. The molecule has 0 radical (unpaired) electrons. The number of rotatable bonds is 2. The van der Waals surface area contributed by atoms with Crippen molar-refractivity contribution in [2.75, 3.05) is 5.73 Å². The van der Waals surface area contributed by atoms with E-state index < -0.39 is 0 Å². The van der Waals surface area contributed by atoms with Crippen molar-refractivity contribution in [2.24, 2.45) is 0 Å². The van der Waals surface area contributed by atoms with Crippen LogP contribution in [-0.4, -0.2) is 9.78 Å². The Labute approximate surface area is 129 Å². The second-order valence-corrected chi connectivity index (χ2v) is 5.59. The SMILES string of the molecule is Cc1ccc(-c2nn(-c3cccc(Cl)c3)cc2N)cc1C. The minimum absolute atomic E-state index is 0.651. The molecule has 0 spiro atoms. The second kappa shape index (κ2) is 5.26. The van der Waals surface area contributed by atoms with Crippen molar-refractivity contribution in [3.8, 4) is 16.9 Å². The summed E-state index contributed by atoms with van der Waals surface area (Å²) in [5, 5.41) is 5.27. The fraction of sp³-hybridized carbons (Fsp3) is 0.118. The highest BCUT2D eigenvalue weighted by molar-refractivity contribution is 6.30. The van der Waals surface area contributed by atoms with Crippen molar-refractivity contribution in [3.63, 3.8) is 0 Å². The predicted octanol–water partition coefficient (Wildman–Crippen LogP) is 4.39. The molecular formula is C17H16ClN3. The van der Waals surface area contributed by atoms with Crippen molar-refractivity contribution in [1.82, 2.24) is 9.78 Å². The third-order valence-corrected chi connectivity index (χ3v) is 3.83. The molecule has 21 heavy (non-hydrogen) atoms. The molecule has 3 nitrogen and oxygen atoms in total. The third-order valence-electron chi connectivity index (χ3n) is 3.60. The van der Waals surface area contributed by atoms with E-state index in [1.807, 2.05) is 36.5 Å². The maximum absolute atomic E-state index is 6.12. The Balaban J connectivity index is 2.07. The lowest BCUT2D eigenvalue weighted by Crippen LogP contribution is -1.94. The molecule has 0 bridgehead atoms. The highest BCUT2D eigenvalue weighted by atomic mass is 35.5. The smallest absolute Gasteiger partial charge is 0.116 e. The van der Waals surface area contributed by atoms with Gasteiger partial charge in [-0.15, -0.1) is 0 Å². The van der Waals surface area contributed by atoms with E-state index >= 15 is 0 Å². The fourth-order valence-corrected chi connectivity index (χ4v) is 2.44. The monoisotopic (exact) mass is 297 g/mol. The number of aromatic nitrogens is 2. The number of aryl methyl sites for hydroxylation is 2. The highest BCUT2D eigenvalue weighted by Gasteiger charge is 2.10. The Morgan fingerprint density at radius 2 is 1.86 bits per heavy atom. The van der Waals surface area contributed by atoms with Crippen LogP contribution in [0.4, 0.5) is 5.69 Å². The molecule has 3 rings (SSSR count). The molecule has 0 aliphatic rings. The Kier molecular flexibility index (Phi) is 3.43. The fourth-order valence-electron chi connectivity index (χ4n) is 2.25. The van der Waals surface area contributed by atoms with Gasteiger partial charge in [-0.3, -0.25) is 0 Å². The Morgan fingerprint density at radius 3 is 2.57 bits per heavy atom.